The first-order valence-electron chi connectivity index (χ1n) is 4.70. The van der Waals surface area contributed by atoms with Crippen LogP contribution in [0.3, 0.4) is 0 Å². The van der Waals surface area contributed by atoms with Crippen molar-refractivity contribution in [1.82, 2.24) is 0 Å². The van der Waals surface area contributed by atoms with Gasteiger partial charge in [0.15, 0.2) is 0 Å². The van der Waals surface area contributed by atoms with E-state index < -0.39 is 11.2 Å². The lowest BCUT2D eigenvalue weighted by atomic mass is 9.84. The van der Waals surface area contributed by atoms with Crippen molar-refractivity contribution in [2.75, 3.05) is 6.61 Å². The van der Waals surface area contributed by atoms with Gasteiger partial charge in [-0.25, -0.2) is 4.39 Å². The standard InChI is InChI=1S/C12H14ClFO/c1-3-12(2,8-15)7-9-5-4-6-10(14)11(9)13/h3-6,15H,1,7-8H2,2H3. The maximum Gasteiger partial charge on any atom is 0.142 e. The van der Waals surface area contributed by atoms with Crippen molar-refractivity contribution in [3.8, 4) is 0 Å². The van der Waals surface area contributed by atoms with Gasteiger partial charge in [0.1, 0.15) is 5.82 Å². The summed E-state index contributed by atoms with van der Waals surface area (Å²) in [5, 5.41) is 9.32. The Morgan fingerprint density at radius 2 is 2.27 bits per heavy atom. The number of halogens is 2. The van der Waals surface area contributed by atoms with Crippen LogP contribution in [0.15, 0.2) is 30.9 Å². The first-order chi connectivity index (χ1) is 7.02. The van der Waals surface area contributed by atoms with Gasteiger partial charge in [-0.2, -0.15) is 0 Å². The molecule has 1 aromatic rings. The summed E-state index contributed by atoms with van der Waals surface area (Å²) in [7, 11) is 0. The fourth-order valence-electron chi connectivity index (χ4n) is 1.31. The van der Waals surface area contributed by atoms with E-state index in [1.165, 1.54) is 6.07 Å². The predicted octanol–water partition coefficient (Wildman–Crippen LogP) is 3.21. The molecule has 0 aromatic heterocycles. The lowest BCUT2D eigenvalue weighted by Crippen LogP contribution is -2.21. The quantitative estimate of drug-likeness (QED) is 0.785. The molecule has 0 aliphatic carbocycles. The number of rotatable bonds is 4. The Morgan fingerprint density at radius 3 is 2.80 bits per heavy atom. The van der Waals surface area contributed by atoms with Crippen LogP contribution in [-0.4, -0.2) is 11.7 Å². The van der Waals surface area contributed by atoms with E-state index in [0.717, 1.165) is 0 Å². The van der Waals surface area contributed by atoms with E-state index in [-0.39, 0.29) is 11.6 Å². The molecule has 1 nitrogen and oxygen atoms in total. The Bertz CT molecular complexity index is 365. The number of hydrogen-bond acceptors (Lipinski definition) is 1. The molecule has 1 rings (SSSR count). The van der Waals surface area contributed by atoms with Gasteiger partial charge < -0.3 is 5.11 Å². The largest absolute Gasteiger partial charge is 0.395 e. The van der Waals surface area contributed by atoms with Crippen molar-refractivity contribution in [2.24, 2.45) is 5.41 Å². The third-order valence-electron chi connectivity index (χ3n) is 2.48. The molecule has 0 bridgehead atoms. The summed E-state index contributed by atoms with van der Waals surface area (Å²) in [5.41, 5.74) is 0.227. The molecule has 0 aliphatic rings. The van der Waals surface area contributed by atoms with Crippen molar-refractivity contribution in [3.63, 3.8) is 0 Å². The van der Waals surface area contributed by atoms with Gasteiger partial charge >= 0.3 is 0 Å². The van der Waals surface area contributed by atoms with Gasteiger partial charge in [-0.05, 0) is 18.1 Å². The molecular weight excluding hydrogens is 215 g/mol. The number of benzene rings is 1. The van der Waals surface area contributed by atoms with Crippen molar-refractivity contribution >= 4 is 11.6 Å². The van der Waals surface area contributed by atoms with Gasteiger partial charge in [0, 0.05) is 5.41 Å². The molecule has 0 spiro atoms. The van der Waals surface area contributed by atoms with Gasteiger partial charge in [0.05, 0.1) is 11.6 Å². The topological polar surface area (TPSA) is 20.2 Å². The lowest BCUT2D eigenvalue weighted by Gasteiger charge is -2.23. The Balaban J connectivity index is 2.98. The fraction of sp³-hybridized carbons (Fsp3) is 0.333. The minimum Gasteiger partial charge on any atom is -0.395 e. The number of aliphatic hydroxyl groups excluding tert-OH is 1. The molecule has 1 N–H and O–H groups in total. The molecule has 0 fully saturated rings. The normalized spacial score (nSPS) is 14.7. The van der Waals surface area contributed by atoms with Crippen LogP contribution in [0, 0.1) is 11.2 Å². The fourth-order valence-corrected chi connectivity index (χ4v) is 1.51. The van der Waals surface area contributed by atoms with E-state index in [9.17, 15) is 9.50 Å². The highest BCUT2D eigenvalue weighted by molar-refractivity contribution is 6.31. The molecule has 0 heterocycles. The van der Waals surface area contributed by atoms with Crippen molar-refractivity contribution in [2.45, 2.75) is 13.3 Å². The van der Waals surface area contributed by atoms with Gasteiger partial charge in [0.25, 0.3) is 0 Å². The van der Waals surface area contributed by atoms with E-state index in [1.54, 1.807) is 18.2 Å². The van der Waals surface area contributed by atoms with Crippen LogP contribution in [0.5, 0.6) is 0 Å². The molecule has 82 valence electrons. The Morgan fingerprint density at radius 1 is 1.60 bits per heavy atom. The van der Waals surface area contributed by atoms with Gasteiger partial charge in [-0.15, -0.1) is 6.58 Å². The summed E-state index contributed by atoms with van der Waals surface area (Å²) in [6, 6.07) is 4.68. The smallest absolute Gasteiger partial charge is 0.142 e. The first-order valence-corrected chi connectivity index (χ1v) is 5.07. The van der Waals surface area contributed by atoms with Crippen LogP contribution in [0.4, 0.5) is 4.39 Å². The summed E-state index contributed by atoms with van der Waals surface area (Å²) in [6.45, 7) is 5.47. The molecule has 0 saturated heterocycles. The summed E-state index contributed by atoms with van der Waals surface area (Å²) >= 11 is 5.82. The SMILES string of the molecule is C=CC(C)(CO)Cc1cccc(F)c1Cl. The van der Waals surface area contributed by atoms with E-state index in [2.05, 4.69) is 6.58 Å². The van der Waals surface area contributed by atoms with Gasteiger partial charge in [0.2, 0.25) is 0 Å². The third-order valence-corrected chi connectivity index (χ3v) is 2.90. The molecule has 0 aliphatic heterocycles. The first kappa shape index (κ1) is 12.2. The zero-order valence-corrected chi connectivity index (χ0v) is 9.39. The van der Waals surface area contributed by atoms with Crippen molar-refractivity contribution in [1.29, 1.82) is 0 Å². The van der Waals surface area contributed by atoms with Crippen LogP contribution >= 0.6 is 11.6 Å². The zero-order chi connectivity index (χ0) is 11.5. The average molecular weight is 229 g/mol. The molecule has 0 saturated carbocycles. The molecular formula is C12H14ClFO. The molecule has 3 heteroatoms. The Hall–Kier alpha value is -0.860. The highest BCUT2D eigenvalue weighted by Gasteiger charge is 2.21. The Kier molecular flexibility index (Phi) is 3.89. The molecule has 0 radical (unpaired) electrons. The molecule has 1 aromatic carbocycles. The summed E-state index contributed by atoms with van der Waals surface area (Å²) in [4.78, 5) is 0. The monoisotopic (exact) mass is 228 g/mol. The average Bonchev–Trinajstić information content (AvgIpc) is 2.25. The molecule has 0 amide bonds. The summed E-state index contributed by atoms with van der Waals surface area (Å²) in [6.07, 6.45) is 2.14. The maximum atomic E-state index is 13.1. The van der Waals surface area contributed by atoms with Gasteiger partial charge in [-0.1, -0.05) is 36.7 Å². The second-order valence-corrected chi connectivity index (χ2v) is 4.28. The van der Waals surface area contributed by atoms with Crippen LogP contribution in [0.2, 0.25) is 5.02 Å². The van der Waals surface area contributed by atoms with Crippen molar-refractivity contribution in [3.05, 3.63) is 47.3 Å². The van der Waals surface area contributed by atoms with E-state index in [1.807, 2.05) is 6.92 Å². The van der Waals surface area contributed by atoms with Gasteiger partial charge in [-0.3, -0.25) is 0 Å². The lowest BCUT2D eigenvalue weighted by molar-refractivity contribution is 0.184. The predicted molar refractivity (Wildman–Crippen MR) is 60.5 cm³/mol. The number of hydrogen-bond donors (Lipinski definition) is 1. The van der Waals surface area contributed by atoms with Crippen molar-refractivity contribution < 1.29 is 9.50 Å². The summed E-state index contributed by atoms with van der Waals surface area (Å²) < 4.78 is 13.1. The Labute approximate surface area is 94.2 Å². The van der Waals surface area contributed by atoms with Crippen LogP contribution < -0.4 is 0 Å². The maximum absolute atomic E-state index is 13.1. The minimum absolute atomic E-state index is 0.0384. The third kappa shape index (κ3) is 2.80. The molecule has 1 unspecified atom stereocenters. The van der Waals surface area contributed by atoms with E-state index in [0.29, 0.717) is 12.0 Å². The van der Waals surface area contributed by atoms with Crippen LogP contribution in [0.25, 0.3) is 0 Å². The summed E-state index contributed by atoms with van der Waals surface area (Å²) in [5.74, 6) is -0.432. The van der Waals surface area contributed by atoms with Crippen LogP contribution in [-0.2, 0) is 6.42 Å². The zero-order valence-electron chi connectivity index (χ0n) is 8.63. The highest BCUT2D eigenvalue weighted by Crippen LogP contribution is 2.28. The molecule has 1 atom stereocenters. The minimum atomic E-state index is -0.461. The molecule has 15 heavy (non-hydrogen) atoms. The second-order valence-electron chi connectivity index (χ2n) is 3.91. The highest BCUT2D eigenvalue weighted by atomic mass is 35.5. The van der Waals surface area contributed by atoms with E-state index in [4.69, 9.17) is 11.6 Å². The second kappa shape index (κ2) is 4.77. The van der Waals surface area contributed by atoms with Crippen LogP contribution in [0.1, 0.15) is 12.5 Å². The number of aliphatic hydroxyl groups is 1. The van der Waals surface area contributed by atoms with E-state index >= 15 is 0 Å².